The van der Waals surface area contributed by atoms with Crippen LogP contribution >= 0.6 is 0 Å². The molecule has 14 nitrogen and oxygen atoms in total. The third kappa shape index (κ3) is 7.21. The number of amides is 1. The molecule has 1 amide bonds. The fourth-order valence-electron chi connectivity index (χ4n) is 5.11. The first-order chi connectivity index (χ1) is 21.9. The largest absolute Gasteiger partial charge is 0.478 e. The standard InChI is InChI=1S/C31H33N3O11S2/c1-4-6-15-44-31(3,5-2)13-14-34-29(35)17-7-8-18(30(36)37)21(16-17)24-19-9-11-22(32)27(46(38,39)40)25(19)45-26-20(24)10-12-23(33)28(26)47(41,42)43/h4,6-12,16,32H,5,13-15,33H2,1-3H3,(H,34,35)(H,36,37)(H,38,39,40)(H,41,42,43)/b6-4-,32-22?. The van der Waals surface area contributed by atoms with Gasteiger partial charge in [-0.1, -0.05) is 19.1 Å². The fraction of sp³-hybridized carbons (Fsp3) is 0.258. The van der Waals surface area contributed by atoms with Crippen LogP contribution in [0.5, 0.6) is 0 Å². The summed E-state index contributed by atoms with van der Waals surface area (Å²) < 4.78 is 81.3. The minimum absolute atomic E-state index is 0.00214. The Bertz CT molecular complexity index is 2170. The van der Waals surface area contributed by atoms with E-state index >= 15 is 0 Å². The van der Waals surface area contributed by atoms with E-state index in [9.17, 15) is 40.6 Å². The summed E-state index contributed by atoms with van der Waals surface area (Å²) in [5.41, 5.74) is 3.29. The smallest absolute Gasteiger partial charge is 0.336 e. The van der Waals surface area contributed by atoms with Crippen molar-refractivity contribution in [2.24, 2.45) is 0 Å². The van der Waals surface area contributed by atoms with Crippen LogP contribution in [0, 0.1) is 5.41 Å². The summed E-state index contributed by atoms with van der Waals surface area (Å²) in [6.07, 6.45) is 4.84. The zero-order chi connectivity index (χ0) is 34.9. The summed E-state index contributed by atoms with van der Waals surface area (Å²) in [5.74, 6) is -2.76. The second-order valence-corrected chi connectivity index (χ2v) is 13.6. The molecule has 7 N–H and O–H groups in total. The number of benzene rings is 3. The Morgan fingerprint density at radius 3 is 2.32 bits per heavy atom. The number of anilines is 1. The average Bonchev–Trinajstić information content (AvgIpc) is 2.98. The Morgan fingerprint density at radius 1 is 1.04 bits per heavy atom. The van der Waals surface area contributed by atoms with Crippen molar-refractivity contribution in [1.29, 1.82) is 5.41 Å². The lowest BCUT2D eigenvalue weighted by Gasteiger charge is -2.28. The van der Waals surface area contributed by atoms with E-state index in [1.54, 1.807) is 0 Å². The fourth-order valence-corrected chi connectivity index (χ4v) is 6.60. The van der Waals surface area contributed by atoms with E-state index in [0.29, 0.717) is 19.4 Å². The third-order valence-corrected chi connectivity index (χ3v) is 9.60. The van der Waals surface area contributed by atoms with E-state index in [1.165, 1.54) is 24.3 Å². The zero-order valence-electron chi connectivity index (χ0n) is 25.5. The molecule has 4 rings (SSSR count). The van der Waals surface area contributed by atoms with Gasteiger partial charge < -0.3 is 25.3 Å². The number of hydrogen-bond donors (Lipinski definition) is 6. The molecule has 1 aliphatic heterocycles. The number of rotatable bonds is 12. The maximum Gasteiger partial charge on any atom is 0.336 e. The highest BCUT2D eigenvalue weighted by Crippen LogP contribution is 2.45. The molecular formula is C31H33N3O11S2. The highest BCUT2D eigenvalue weighted by molar-refractivity contribution is 7.86. The molecule has 0 bridgehead atoms. The normalized spacial score (nSPS) is 13.6. The first-order valence-electron chi connectivity index (χ1n) is 14.2. The topological polar surface area (TPSA) is 247 Å². The van der Waals surface area contributed by atoms with E-state index in [1.807, 2.05) is 32.9 Å². The van der Waals surface area contributed by atoms with Gasteiger partial charge in [-0.25, -0.2) is 4.79 Å². The van der Waals surface area contributed by atoms with Crippen molar-refractivity contribution in [3.63, 3.8) is 0 Å². The number of nitrogen functional groups attached to an aromatic ring is 1. The minimum Gasteiger partial charge on any atom is -0.478 e. The molecule has 1 aliphatic carbocycles. The van der Waals surface area contributed by atoms with Crippen molar-refractivity contribution in [2.45, 2.75) is 49.0 Å². The maximum atomic E-state index is 13.3. The number of carboxylic acid groups (broad SMARTS) is 1. The van der Waals surface area contributed by atoms with Gasteiger partial charge in [0.15, 0.2) is 21.1 Å². The van der Waals surface area contributed by atoms with Crippen molar-refractivity contribution in [2.75, 3.05) is 18.9 Å². The van der Waals surface area contributed by atoms with Gasteiger partial charge >= 0.3 is 5.97 Å². The molecule has 2 aromatic rings. The van der Waals surface area contributed by atoms with Gasteiger partial charge in [0.2, 0.25) is 0 Å². The van der Waals surface area contributed by atoms with E-state index in [2.05, 4.69) is 5.32 Å². The summed E-state index contributed by atoms with van der Waals surface area (Å²) in [7, 11) is -10.3. The first kappa shape index (κ1) is 35.2. The Kier molecular flexibility index (Phi) is 9.94. The van der Waals surface area contributed by atoms with Crippen LogP contribution in [0.2, 0.25) is 0 Å². The first-order valence-corrected chi connectivity index (χ1v) is 17.0. The molecule has 0 saturated heterocycles. The van der Waals surface area contributed by atoms with Crippen molar-refractivity contribution in [3.8, 4) is 22.5 Å². The Morgan fingerprint density at radius 2 is 1.72 bits per heavy atom. The van der Waals surface area contributed by atoms with Crippen LogP contribution in [-0.2, 0) is 25.0 Å². The molecule has 1 heterocycles. The van der Waals surface area contributed by atoms with Gasteiger partial charge in [-0.2, -0.15) is 16.8 Å². The summed E-state index contributed by atoms with van der Waals surface area (Å²) in [6, 6.07) is 8.24. The molecule has 0 spiro atoms. The van der Waals surface area contributed by atoms with Crippen LogP contribution in [0.4, 0.5) is 5.69 Å². The van der Waals surface area contributed by atoms with Crippen molar-refractivity contribution in [1.82, 2.24) is 5.32 Å². The molecule has 0 fully saturated rings. The lowest BCUT2D eigenvalue weighted by molar-refractivity contribution is -0.0247. The molecule has 1 unspecified atom stereocenters. The lowest BCUT2D eigenvalue weighted by Crippen LogP contribution is -2.34. The summed E-state index contributed by atoms with van der Waals surface area (Å²) in [5, 5.41) is 20.2. The average molecular weight is 688 g/mol. The van der Waals surface area contributed by atoms with Gasteiger partial charge in [0, 0.05) is 28.6 Å². The van der Waals surface area contributed by atoms with Gasteiger partial charge in [-0.15, -0.1) is 0 Å². The van der Waals surface area contributed by atoms with E-state index in [4.69, 9.17) is 20.3 Å². The summed E-state index contributed by atoms with van der Waals surface area (Å²) >= 11 is 0. The van der Waals surface area contributed by atoms with Crippen molar-refractivity contribution < 1.29 is 49.8 Å². The number of nitrogens with one attached hydrogen (secondary N) is 2. The van der Waals surface area contributed by atoms with E-state index < -0.39 is 69.9 Å². The van der Waals surface area contributed by atoms with Crippen LogP contribution in [0.3, 0.4) is 0 Å². The molecule has 250 valence electrons. The number of nitrogens with two attached hydrogens (primary N) is 1. The molecule has 0 aromatic heterocycles. The van der Waals surface area contributed by atoms with Gasteiger partial charge in [0.05, 0.1) is 28.8 Å². The predicted octanol–water partition coefficient (Wildman–Crippen LogP) is 4.34. The highest BCUT2D eigenvalue weighted by Gasteiger charge is 2.32. The zero-order valence-corrected chi connectivity index (χ0v) is 27.2. The molecule has 2 aromatic carbocycles. The molecule has 1 atom stereocenters. The number of fused-ring (bicyclic) bond motifs is 2. The molecular weight excluding hydrogens is 654 g/mol. The number of hydrogen-bond acceptors (Lipinski definition) is 10. The van der Waals surface area contributed by atoms with Crippen LogP contribution in [0.1, 0.15) is 54.3 Å². The quantitative estimate of drug-likeness (QED) is 0.0527. The van der Waals surface area contributed by atoms with Crippen LogP contribution in [0.15, 0.2) is 68.8 Å². The van der Waals surface area contributed by atoms with E-state index in [-0.39, 0.29) is 39.7 Å². The predicted molar refractivity (Wildman–Crippen MR) is 172 cm³/mol. The van der Waals surface area contributed by atoms with Crippen molar-refractivity contribution in [3.05, 3.63) is 71.1 Å². The Balaban J connectivity index is 1.98. The molecule has 16 heteroatoms. The number of carboxylic acids is 1. The highest BCUT2D eigenvalue weighted by atomic mass is 32.2. The van der Waals surface area contributed by atoms with Crippen molar-refractivity contribution >= 4 is 48.8 Å². The Labute approximate surface area is 270 Å². The second-order valence-electron chi connectivity index (χ2n) is 10.9. The molecule has 47 heavy (non-hydrogen) atoms. The SMILES string of the molecule is C/C=C\COC(C)(CC)CCNC(=O)c1ccc(C(=O)O)c(-c2c3ccc(=N)c(S(=O)(=O)O)c-3oc3c(S(=O)(=O)O)c(N)ccc23)c1. The van der Waals surface area contributed by atoms with Crippen LogP contribution < -0.4 is 16.4 Å². The number of ether oxygens (including phenoxy) is 1. The number of carbonyl (C=O) groups is 2. The minimum atomic E-state index is -5.19. The van der Waals surface area contributed by atoms with Gasteiger partial charge in [-0.3, -0.25) is 19.3 Å². The molecule has 0 radical (unpaired) electrons. The summed E-state index contributed by atoms with van der Waals surface area (Å²) in [6.45, 7) is 6.33. The molecule has 2 aliphatic rings. The second kappa shape index (κ2) is 13.2. The number of aromatic carboxylic acids is 1. The van der Waals surface area contributed by atoms with Gasteiger partial charge in [-0.05, 0) is 74.7 Å². The summed E-state index contributed by atoms with van der Waals surface area (Å²) in [4.78, 5) is 23.8. The number of allylic oxidation sites excluding steroid dienone is 1. The monoisotopic (exact) mass is 687 g/mol. The maximum absolute atomic E-state index is 13.3. The number of carbonyl (C=O) groups excluding carboxylic acids is 1. The molecule has 0 saturated carbocycles. The third-order valence-electron chi connectivity index (χ3n) is 7.75. The van der Waals surface area contributed by atoms with E-state index in [0.717, 1.165) is 18.2 Å². The van der Waals surface area contributed by atoms with Gasteiger partial charge in [0.25, 0.3) is 26.1 Å². The van der Waals surface area contributed by atoms with Crippen LogP contribution in [-0.4, -0.2) is 61.7 Å². The lowest BCUT2D eigenvalue weighted by atomic mass is 9.89. The van der Waals surface area contributed by atoms with Crippen LogP contribution in [0.25, 0.3) is 33.4 Å². The van der Waals surface area contributed by atoms with Gasteiger partial charge in [0.1, 0.15) is 0 Å². The Hall–Kier alpha value is -4.61.